The highest BCUT2D eigenvalue weighted by atomic mass is 16.4. The van der Waals surface area contributed by atoms with E-state index in [2.05, 4.69) is 19.2 Å². The van der Waals surface area contributed by atoms with E-state index in [4.69, 9.17) is 0 Å². The van der Waals surface area contributed by atoms with Crippen LogP contribution < -0.4 is 5.32 Å². The Hall–Kier alpha value is -1.06. The van der Waals surface area contributed by atoms with Gasteiger partial charge in [0.1, 0.15) is 0 Å². The number of aliphatic carboxylic acids is 1. The molecular formula is C15H27NO3. The van der Waals surface area contributed by atoms with Gasteiger partial charge in [-0.15, -0.1) is 0 Å². The van der Waals surface area contributed by atoms with Crippen LogP contribution >= 0.6 is 0 Å². The van der Waals surface area contributed by atoms with E-state index >= 15 is 0 Å². The standard InChI is InChI=1S/C15H27NO3/c1-3-7-11(2)10-14(17)16-13-9-6-4-5-8-12(13)15(18)19/h11-13H,3-10H2,1-2H3,(H,16,17)(H,18,19)/t11?,12-,13+/m1/s1. The summed E-state index contributed by atoms with van der Waals surface area (Å²) in [5.74, 6) is -0.792. The second-order valence-corrected chi connectivity index (χ2v) is 5.85. The SMILES string of the molecule is CCCC(C)CC(=O)N[C@H]1CCCCC[C@H]1C(=O)O. The van der Waals surface area contributed by atoms with Gasteiger partial charge in [0.05, 0.1) is 5.92 Å². The second kappa shape index (κ2) is 8.18. The number of amides is 1. The molecule has 1 rings (SSSR count). The topological polar surface area (TPSA) is 66.4 Å². The van der Waals surface area contributed by atoms with Gasteiger partial charge in [-0.2, -0.15) is 0 Å². The normalized spacial score (nSPS) is 25.4. The van der Waals surface area contributed by atoms with Gasteiger partial charge in [-0.3, -0.25) is 9.59 Å². The van der Waals surface area contributed by atoms with Crippen LogP contribution in [0.5, 0.6) is 0 Å². The lowest BCUT2D eigenvalue weighted by atomic mass is 9.94. The molecule has 0 bridgehead atoms. The Morgan fingerprint density at radius 1 is 1.26 bits per heavy atom. The molecule has 4 heteroatoms. The maximum atomic E-state index is 12.0. The number of rotatable bonds is 6. The second-order valence-electron chi connectivity index (χ2n) is 5.85. The highest BCUT2D eigenvalue weighted by Crippen LogP contribution is 2.24. The molecule has 0 saturated heterocycles. The Balaban J connectivity index is 2.51. The van der Waals surface area contributed by atoms with Gasteiger partial charge >= 0.3 is 5.97 Å². The van der Waals surface area contributed by atoms with Crippen LogP contribution in [0.15, 0.2) is 0 Å². The molecular weight excluding hydrogens is 242 g/mol. The number of hydrogen-bond acceptors (Lipinski definition) is 2. The minimum absolute atomic E-state index is 0.0131. The lowest BCUT2D eigenvalue weighted by Gasteiger charge is -2.23. The monoisotopic (exact) mass is 269 g/mol. The van der Waals surface area contributed by atoms with Crippen molar-refractivity contribution in [2.24, 2.45) is 11.8 Å². The van der Waals surface area contributed by atoms with Crippen LogP contribution in [-0.2, 0) is 9.59 Å². The Morgan fingerprint density at radius 2 is 1.95 bits per heavy atom. The molecule has 0 aromatic rings. The Labute approximate surface area is 116 Å². The van der Waals surface area contributed by atoms with Crippen molar-refractivity contribution >= 4 is 11.9 Å². The minimum atomic E-state index is -0.770. The molecule has 1 unspecified atom stereocenters. The number of carbonyl (C=O) groups is 2. The molecule has 0 heterocycles. The van der Waals surface area contributed by atoms with Crippen LogP contribution in [0.25, 0.3) is 0 Å². The Morgan fingerprint density at radius 3 is 2.58 bits per heavy atom. The zero-order valence-electron chi connectivity index (χ0n) is 12.2. The molecule has 1 fully saturated rings. The number of carbonyl (C=O) groups excluding carboxylic acids is 1. The van der Waals surface area contributed by atoms with Gasteiger partial charge in [-0.05, 0) is 18.8 Å². The molecule has 110 valence electrons. The smallest absolute Gasteiger partial charge is 0.308 e. The highest BCUT2D eigenvalue weighted by Gasteiger charge is 2.30. The maximum absolute atomic E-state index is 12.0. The van der Waals surface area contributed by atoms with Gasteiger partial charge in [-0.25, -0.2) is 0 Å². The molecule has 1 amide bonds. The van der Waals surface area contributed by atoms with Gasteiger partial charge < -0.3 is 10.4 Å². The van der Waals surface area contributed by atoms with E-state index in [9.17, 15) is 14.7 Å². The summed E-state index contributed by atoms with van der Waals surface area (Å²) in [5, 5.41) is 12.2. The average Bonchev–Trinajstić information content (AvgIpc) is 2.54. The van der Waals surface area contributed by atoms with E-state index < -0.39 is 11.9 Å². The molecule has 4 nitrogen and oxygen atoms in total. The van der Waals surface area contributed by atoms with E-state index in [1.165, 1.54) is 0 Å². The third kappa shape index (κ3) is 5.62. The Kier molecular flexibility index (Phi) is 6.89. The minimum Gasteiger partial charge on any atom is -0.481 e. The molecule has 1 saturated carbocycles. The summed E-state index contributed by atoms with van der Waals surface area (Å²) in [6.07, 6.45) is 7.15. The third-order valence-corrected chi connectivity index (χ3v) is 3.99. The zero-order chi connectivity index (χ0) is 14.3. The van der Waals surface area contributed by atoms with E-state index in [0.717, 1.165) is 38.5 Å². The zero-order valence-corrected chi connectivity index (χ0v) is 12.2. The van der Waals surface area contributed by atoms with Crippen molar-refractivity contribution in [1.82, 2.24) is 5.32 Å². The summed E-state index contributed by atoms with van der Waals surface area (Å²) in [5.41, 5.74) is 0. The quantitative estimate of drug-likeness (QED) is 0.728. The van der Waals surface area contributed by atoms with Crippen LogP contribution in [0.3, 0.4) is 0 Å². The number of carboxylic acid groups (broad SMARTS) is 1. The first-order valence-electron chi connectivity index (χ1n) is 7.56. The maximum Gasteiger partial charge on any atom is 0.308 e. The van der Waals surface area contributed by atoms with Gasteiger partial charge in [-0.1, -0.05) is 46.0 Å². The molecule has 19 heavy (non-hydrogen) atoms. The predicted molar refractivity (Wildman–Crippen MR) is 74.8 cm³/mol. The first-order chi connectivity index (χ1) is 9.04. The van der Waals surface area contributed by atoms with Crippen molar-refractivity contribution in [3.63, 3.8) is 0 Å². The fraction of sp³-hybridized carbons (Fsp3) is 0.867. The summed E-state index contributed by atoms with van der Waals surface area (Å²) < 4.78 is 0. The van der Waals surface area contributed by atoms with Crippen LogP contribution in [0.4, 0.5) is 0 Å². The van der Waals surface area contributed by atoms with E-state index in [1.807, 2.05) is 0 Å². The molecule has 1 aliphatic carbocycles. The van der Waals surface area contributed by atoms with Crippen molar-refractivity contribution in [1.29, 1.82) is 0 Å². The molecule has 0 radical (unpaired) electrons. The number of nitrogens with one attached hydrogen (secondary N) is 1. The fourth-order valence-corrected chi connectivity index (χ4v) is 2.95. The summed E-state index contributed by atoms with van der Waals surface area (Å²) in [6.45, 7) is 4.19. The van der Waals surface area contributed by atoms with Gasteiger partial charge in [0.25, 0.3) is 0 Å². The van der Waals surface area contributed by atoms with E-state index in [-0.39, 0.29) is 11.9 Å². The predicted octanol–water partition coefficient (Wildman–Crippen LogP) is 2.96. The van der Waals surface area contributed by atoms with Crippen molar-refractivity contribution in [3.05, 3.63) is 0 Å². The number of carboxylic acids is 1. The molecule has 0 spiro atoms. The van der Waals surface area contributed by atoms with Crippen LogP contribution in [0.2, 0.25) is 0 Å². The third-order valence-electron chi connectivity index (χ3n) is 3.99. The van der Waals surface area contributed by atoms with Crippen LogP contribution in [0, 0.1) is 11.8 Å². The van der Waals surface area contributed by atoms with Gasteiger partial charge in [0.2, 0.25) is 5.91 Å². The largest absolute Gasteiger partial charge is 0.481 e. The molecule has 0 aliphatic heterocycles. The summed E-state index contributed by atoms with van der Waals surface area (Å²) in [6, 6.07) is -0.179. The molecule has 0 aromatic carbocycles. The Bertz CT molecular complexity index is 304. The van der Waals surface area contributed by atoms with Crippen molar-refractivity contribution in [2.45, 2.75) is 71.3 Å². The molecule has 2 N–H and O–H groups in total. The summed E-state index contributed by atoms with van der Waals surface area (Å²) >= 11 is 0. The van der Waals surface area contributed by atoms with Gasteiger partial charge in [0, 0.05) is 12.5 Å². The average molecular weight is 269 g/mol. The van der Waals surface area contributed by atoms with Crippen LogP contribution in [0.1, 0.15) is 65.2 Å². The lowest BCUT2D eigenvalue weighted by molar-refractivity contribution is -0.143. The van der Waals surface area contributed by atoms with Crippen LogP contribution in [-0.4, -0.2) is 23.0 Å². The number of hydrogen-bond donors (Lipinski definition) is 2. The highest BCUT2D eigenvalue weighted by molar-refractivity contribution is 5.78. The molecule has 0 aromatic heterocycles. The van der Waals surface area contributed by atoms with Crippen molar-refractivity contribution in [2.75, 3.05) is 0 Å². The summed E-state index contributed by atoms with van der Waals surface area (Å²) in [7, 11) is 0. The molecule has 3 atom stereocenters. The van der Waals surface area contributed by atoms with Crippen molar-refractivity contribution in [3.8, 4) is 0 Å². The summed E-state index contributed by atoms with van der Waals surface area (Å²) in [4.78, 5) is 23.2. The fourth-order valence-electron chi connectivity index (χ4n) is 2.95. The first-order valence-corrected chi connectivity index (χ1v) is 7.56. The van der Waals surface area contributed by atoms with Crippen molar-refractivity contribution < 1.29 is 14.7 Å². The van der Waals surface area contributed by atoms with E-state index in [1.54, 1.807) is 0 Å². The lowest BCUT2D eigenvalue weighted by Crippen LogP contribution is -2.43. The molecule has 1 aliphatic rings. The van der Waals surface area contributed by atoms with Gasteiger partial charge in [0.15, 0.2) is 0 Å². The first kappa shape index (κ1) is 16.0. The van der Waals surface area contributed by atoms with E-state index in [0.29, 0.717) is 18.8 Å².